The van der Waals surface area contributed by atoms with Gasteiger partial charge < -0.3 is 19.9 Å². The molecule has 0 spiro atoms. The Kier molecular flexibility index (Phi) is 9.50. The summed E-state index contributed by atoms with van der Waals surface area (Å²) in [6, 6.07) is 6.03. The molecule has 178 valence electrons. The van der Waals surface area contributed by atoms with Gasteiger partial charge in [0, 0.05) is 30.6 Å². The fraction of sp³-hybridized carbons (Fsp3) is 0.545. The second-order valence-electron chi connectivity index (χ2n) is 8.18. The number of rotatable bonds is 12. The number of hydrogen-bond acceptors (Lipinski definition) is 5. The lowest BCUT2D eigenvalue weighted by Gasteiger charge is -2.20. The van der Waals surface area contributed by atoms with Gasteiger partial charge in [-0.1, -0.05) is 0 Å². The molecule has 1 unspecified atom stereocenters. The summed E-state index contributed by atoms with van der Waals surface area (Å²) < 4.78 is 29.1. The average Bonchev–Trinajstić information content (AvgIpc) is 3.04. The quantitative estimate of drug-likeness (QED) is 0.440. The molecule has 0 saturated carbocycles. The molecular weight excluding hydrogens is 437 g/mol. The van der Waals surface area contributed by atoms with Gasteiger partial charge in [0.05, 0.1) is 41.9 Å². The summed E-state index contributed by atoms with van der Waals surface area (Å²) in [6.45, 7) is 4.34. The van der Waals surface area contributed by atoms with E-state index in [1.54, 1.807) is 29.7 Å². The molecule has 32 heavy (non-hydrogen) atoms. The Balaban J connectivity index is 2.38. The van der Waals surface area contributed by atoms with E-state index in [1.165, 1.54) is 12.1 Å². The van der Waals surface area contributed by atoms with Crippen LogP contribution < -0.4 is 0 Å². The van der Waals surface area contributed by atoms with Crippen LogP contribution in [-0.4, -0.2) is 64.9 Å². The van der Waals surface area contributed by atoms with Crippen molar-refractivity contribution in [1.82, 2.24) is 13.9 Å². The zero-order valence-electron chi connectivity index (χ0n) is 18.9. The van der Waals surface area contributed by atoms with Crippen LogP contribution in [0.5, 0.6) is 0 Å². The molecule has 0 aliphatic rings. The molecule has 8 nitrogen and oxygen atoms in total. The predicted molar refractivity (Wildman–Crippen MR) is 121 cm³/mol. The fourth-order valence-corrected chi connectivity index (χ4v) is 3.92. The van der Waals surface area contributed by atoms with Gasteiger partial charge in [0.1, 0.15) is 11.6 Å². The number of hydrogen-bond donors (Lipinski definition) is 3. The van der Waals surface area contributed by atoms with Crippen molar-refractivity contribution in [3.63, 3.8) is 0 Å². The van der Waals surface area contributed by atoms with E-state index in [0.717, 1.165) is 11.3 Å². The number of aliphatic hydroxyl groups is 2. The first kappa shape index (κ1) is 26.1. The molecule has 0 saturated heterocycles. The number of benzene rings is 1. The van der Waals surface area contributed by atoms with Crippen molar-refractivity contribution >= 4 is 17.0 Å². The van der Waals surface area contributed by atoms with Gasteiger partial charge in [0.25, 0.3) is 0 Å². The Bertz CT molecular complexity index is 932. The zero-order valence-corrected chi connectivity index (χ0v) is 19.7. The van der Waals surface area contributed by atoms with Crippen molar-refractivity contribution in [1.29, 1.82) is 0 Å². The monoisotopic (exact) mass is 469 g/mol. The highest BCUT2D eigenvalue weighted by Gasteiger charge is 2.23. The van der Waals surface area contributed by atoms with Gasteiger partial charge >= 0.3 is 5.97 Å². The summed E-state index contributed by atoms with van der Waals surface area (Å²) >= 11 is 0. The highest BCUT2D eigenvalue weighted by Crippen LogP contribution is 2.30. The summed E-state index contributed by atoms with van der Waals surface area (Å²) in [7, 11) is 0.551. The number of carboxylic acid groups (broad SMARTS) is 1. The molecule has 0 amide bonds. The minimum absolute atomic E-state index is 0.0233. The second kappa shape index (κ2) is 11.6. The first-order valence-corrected chi connectivity index (χ1v) is 12.0. The standard InChI is InChI=1S/C22H32FN3O5S/c1-14(2)26-19(10-9-17(27)11-18(28)12-21(29)30)22(15-5-7-16(23)8-6-15)24-20(26)13-25(3)32(4)31/h5-8,14,17-18,27-28H,9-13H2,1-4H3,(H,29,30)/t17-,18-,32?/m1/s1. The number of aromatic nitrogens is 2. The van der Waals surface area contributed by atoms with Crippen molar-refractivity contribution in [3.05, 3.63) is 41.6 Å². The van der Waals surface area contributed by atoms with Crippen LogP contribution in [0.1, 0.15) is 50.7 Å². The molecule has 3 atom stereocenters. The molecule has 1 aromatic carbocycles. The number of carbonyl (C=O) groups is 1. The molecule has 2 rings (SSSR count). The molecule has 2 aromatic rings. The molecule has 0 bridgehead atoms. The lowest BCUT2D eigenvalue weighted by Crippen LogP contribution is -2.23. The summed E-state index contributed by atoms with van der Waals surface area (Å²) in [6.07, 6.45) is -0.197. The molecule has 0 aliphatic carbocycles. The van der Waals surface area contributed by atoms with Crippen LogP contribution in [0.3, 0.4) is 0 Å². The summed E-state index contributed by atoms with van der Waals surface area (Å²) in [5.74, 6) is -0.779. The number of carboxylic acids is 1. The topological polar surface area (TPSA) is 116 Å². The number of imidazole rings is 1. The Labute approximate surface area is 190 Å². The van der Waals surface area contributed by atoms with E-state index < -0.39 is 35.6 Å². The van der Waals surface area contributed by atoms with Crippen LogP contribution in [-0.2, 0) is 28.7 Å². The zero-order chi connectivity index (χ0) is 24.0. The van der Waals surface area contributed by atoms with Crippen molar-refractivity contribution in [2.75, 3.05) is 13.3 Å². The van der Waals surface area contributed by atoms with Gasteiger partial charge in [-0.2, -0.15) is 0 Å². The molecule has 0 aliphatic heterocycles. The average molecular weight is 470 g/mol. The molecule has 1 aromatic heterocycles. The van der Waals surface area contributed by atoms with E-state index in [1.807, 2.05) is 18.4 Å². The number of halogens is 1. The minimum Gasteiger partial charge on any atom is -0.481 e. The Morgan fingerprint density at radius 2 is 1.84 bits per heavy atom. The molecular formula is C22H32FN3O5S. The van der Waals surface area contributed by atoms with Crippen LogP contribution in [0.25, 0.3) is 11.3 Å². The third-order valence-corrected chi connectivity index (χ3v) is 6.20. The van der Waals surface area contributed by atoms with Gasteiger partial charge in [-0.05, 0) is 57.4 Å². The molecule has 3 N–H and O–H groups in total. The van der Waals surface area contributed by atoms with Crippen molar-refractivity contribution < 1.29 is 28.7 Å². The summed E-state index contributed by atoms with van der Waals surface area (Å²) in [4.78, 5) is 15.5. The van der Waals surface area contributed by atoms with Crippen LogP contribution in [0.4, 0.5) is 4.39 Å². The molecule has 10 heteroatoms. The summed E-state index contributed by atoms with van der Waals surface area (Å²) in [5, 5.41) is 29.0. The van der Waals surface area contributed by atoms with Crippen LogP contribution in [0, 0.1) is 5.82 Å². The first-order valence-electron chi connectivity index (χ1n) is 10.5. The normalized spacial score (nSPS) is 14.7. The van der Waals surface area contributed by atoms with E-state index in [4.69, 9.17) is 10.1 Å². The van der Waals surface area contributed by atoms with Crippen LogP contribution in [0.15, 0.2) is 24.3 Å². The number of aliphatic carboxylic acids is 1. The van der Waals surface area contributed by atoms with Crippen molar-refractivity contribution in [3.8, 4) is 11.3 Å². The van der Waals surface area contributed by atoms with Gasteiger partial charge in [-0.15, -0.1) is 0 Å². The number of nitrogens with zero attached hydrogens (tertiary/aromatic N) is 3. The molecule has 0 fully saturated rings. The lowest BCUT2D eigenvalue weighted by atomic mass is 10.0. The van der Waals surface area contributed by atoms with E-state index in [0.29, 0.717) is 24.5 Å². The van der Waals surface area contributed by atoms with E-state index in [-0.39, 0.29) is 24.7 Å². The Hall–Kier alpha value is -2.14. The Morgan fingerprint density at radius 3 is 2.38 bits per heavy atom. The maximum Gasteiger partial charge on any atom is 0.305 e. The third-order valence-electron chi connectivity index (χ3n) is 5.19. The van der Waals surface area contributed by atoms with E-state index >= 15 is 0 Å². The van der Waals surface area contributed by atoms with Gasteiger partial charge in [-0.3, -0.25) is 4.79 Å². The van der Waals surface area contributed by atoms with Gasteiger partial charge in [0.15, 0.2) is 0 Å². The van der Waals surface area contributed by atoms with E-state index in [9.17, 15) is 23.6 Å². The minimum atomic E-state index is -1.19. The van der Waals surface area contributed by atoms with Crippen LogP contribution in [0.2, 0.25) is 0 Å². The maximum absolute atomic E-state index is 13.5. The molecule has 0 radical (unpaired) electrons. The van der Waals surface area contributed by atoms with Gasteiger partial charge in [0.2, 0.25) is 0 Å². The fourth-order valence-electron chi connectivity index (χ4n) is 3.63. The lowest BCUT2D eigenvalue weighted by molar-refractivity contribution is -0.139. The molecule has 1 heterocycles. The summed E-state index contributed by atoms with van der Waals surface area (Å²) in [5.41, 5.74) is 2.22. The second-order valence-corrected chi connectivity index (χ2v) is 9.65. The van der Waals surface area contributed by atoms with Crippen LogP contribution >= 0.6 is 0 Å². The third kappa shape index (κ3) is 7.19. The smallest absolute Gasteiger partial charge is 0.305 e. The maximum atomic E-state index is 13.5. The van der Waals surface area contributed by atoms with E-state index in [2.05, 4.69) is 0 Å². The Morgan fingerprint density at radius 1 is 1.22 bits per heavy atom. The largest absolute Gasteiger partial charge is 0.481 e. The first-order chi connectivity index (χ1) is 15.0. The highest BCUT2D eigenvalue weighted by molar-refractivity contribution is 7.81. The predicted octanol–water partition coefficient (Wildman–Crippen LogP) is 2.51. The van der Waals surface area contributed by atoms with Crippen molar-refractivity contribution in [2.45, 2.75) is 64.3 Å². The number of aliphatic hydroxyl groups excluding tert-OH is 2. The van der Waals surface area contributed by atoms with Gasteiger partial charge in [-0.25, -0.2) is 17.9 Å². The van der Waals surface area contributed by atoms with Crippen molar-refractivity contribution in [2.24, 2.45) is 0 Å². The highest BCUT2D eigenvalue weighted by atomic mass is 32.2. The SMILES string of the molecule is CC(C)n1c(CN(C)S(C)=O)nc(-c2ccc(F)cc2)c1CC[C@@H](O)C[C@@H](O)CC(=O)O.